The molecule has 0 atom stereocenters. The third kappa shape index (κ3) is 5.66. The van der Waals surface area contributed by atoms with E-state index >= 15 is 0 Å². The van der Waals surface area contributed by atoms with E-state index < -0.39 is 0 Å². The first-order chi connectivity index (χ1) is 30.3. The molecule has 0 saturated heterocycles. The predicted octanol–water partition coefficient (Wildman–Crippen LogP) is 16.3. The highest BCUT2D eigenvalue weighted by Gasteiger charge is 2.24. The molecule has 0 saturated carbocycles. The third-order valence-electron chi connectivity index (χ3n) is 12.2. The molecule has 0 radical (unpaired) electrons. The summed E-state index contributed by atoms with van der Waals surface area (Å²) in [6.45, 7) is 0. The minimum atomic E-state index is 0.882. The summed E-state index contributed by atoms with van der Waals surface area (Å²) in [7, 11) is 0. The van der Waals surface area contributed by atoms with Gasteiger partial charge in [0.25, 0.3) is 0 Å². The summed E-state index contributed by atoms with van der Waals surface area (Å²) in [4.78, 5) is 2.44. The standard InChI is InChI=1S/C58H38N2O/c1-2-22-42-39(18-1)19-16-29-44(42)45-24-4-10-33-53(45)59(54-34-11-7-27-48(54)50-30-17-31-51-49-28-8-14-37-57(49)61-58(50)51)41-21-15-20-40(38-41)43-23-3-9-32-52(43)60-55-35-12-5-25-46(55)47-26-6-13-36-56(47)60/h1-38H. The highest BCUT2D eigenvalue weighted by molar-refractivity contribution is 6.12. The largest absolute Gasteiger partial charge is 0.455 e. The van der Waals surface area contributed by atoms with Crippen LogP contribution in [-0.4, -0.2) is 4.57 Å². The number of rotatable bonds is 7. The number of nitrogens with zero attached hydrogens (tertiary/aromatic N) is 2. The monoisotopic (exact) mass is 778 g/mol. The molecule has 0 unspecified atom stereocenters. The number of aromatic nitrogens is 1. The van der Waals surface area contributed by atoms with Gasteiger partial charge < -0.3 is 13.9 Å². The molecule has 0 aliphatic carbocycles. The van der Waals surface area contributed by atoms with Gasteiger partial charge in [-0.1, -0.05) is 182 Å². The second-order valence-corrected chi connectivity index (χ2v) is 15.6. The van der Waals surface area contributed by atoms with Gasteiger partial charge in [0, 0.05) is 49.5 Å². The lowest BCUT2D eigenvalue weighted by Gasteiger charge is -2.30. The van der Waals surface area contributed by atoms with Gasteiger partial charge in [0.1, 0.15) is 11.2 Å². The SMILES string of the molecule is c1cc(-c2ccccc2-n2c3ccccc3c3ccccc32)cc(N(c2ccccc2-c2cccc3ccccc23)c2ccccc2-c2cccc3c2oc2ccccc23)c1. The zero-order valence-electron chi connectivity index (χ0n) is 33.2. The molecule has 12 aromatic rings. The number of anilines is 3. The van der Waals surface area contributed by atoms with Gasteiger partial charge in [-0.3, -0.25) is 0 Å². The van der Waals surface area contributed by atoms with Gasteiger partial charge in [-0.15, -0.1) is 0 Å². The Morgan fingerprint density at radius 2 is 0.852 bits per heavy atom. The molecular weight excluding hydrogens is 741 g/mol. The van der Waals surface area contributed by atoms with Crippen LogP contribution in [0.4, 0.5) is 17.1 Å². The Hall–Kier alpha value is -8.14. The second kappa shape index (κ2) is 14.3. The molecule has 0 aliphatic rings. The molecule has 0 bridgehead atoms. The van der Waals surface area contributed by atoms with Gasteiger partial charge in [0.05, 0.1) is 28.1 Å². The Morgan fingerprint density at radius 1 is 0.344 bits per heavy atom. The van der Waals surface area contributed by atoms with Gasteiger partial charge >= 0.3 is 0 Å². The Balaban J connectivity index is 1.11. The fourth-order valence-corrected chi connectivity index (χ4v) is 9.53. The van der Waals surface area contributed by atoms with E-state index in [-0.39, 0.29) is 0 Å². The molecule has 0 amide bonds. The highest BCUT2D eigenvalue weighted by Crippen LogP contribution is 2.48. The van der Waals surface area contributed by atoms with Crippen molar-refractivity contribution < 1.29 is 4.42 Å². The lowest BCUT2D eigenvalue weighted by Crippen LogP contribution is -2.12. The smallest absolute Gasteiger partial charge is 0.143 e. The van der Waals surface area contributed by atoms with Crippen LogP contribution in [0.15, 0.2) is 235 Å². The lowest BCUT2D eigenvalue weighted by atomic mass is 9.94. The number of benzene rings is 10. The molecular formula is C58H38N2O. The Morgan fingerprint density at radius 3 is 1.62 bits per heavy atom. The van der Waals surface area contributed by atoms with Gasteiger partial charge in [-0.2, -0.15) is 0 Å². The van der Waals surface area contributed by atoms with Crippen molar-refractivity contribution in [1.29, 1.82) is 0 Å². The fraction of sp³-hybridized carbons (Fsp3) is 0. The first kappa shape index (κ1) is 34.9. The molecule has 0 N–H and O–H groups in total. The summed E-state index contributed by atoms with van der Waals surface area (Å²) in [6.07, 6.45) is 0. The van der Waals surface area contributed by atoms with Gasteiger partial charge in [-0.05, 0) is 70.4 Å². The van der Waals surface area contributed by atoms with Crippen LogP contribution < -0.4 is 4.90 Å². The van der Waals surface area contributed by atoms with Gasteiger partial charge in [0.2, 0.25) is 0 Å². The molecule has 286 valence electrons. The number of hydrogen-bond acceptors (Lipinski definition) is 2. The van der Waals surface area contributed by atoms with Crippen molar-refractivity contribution in [3.8, 4) is 39.1 Å². The average molecular weight is 779 g/mol. The molecule has 0 fully saturated rings. The van der Waals surface area contributed by atoms with Gasteiger partial charge in [0.15, 0.2) is 0 Å². The van der Waals surface area contributed by atoms with Crippen LogP contribution in [0.5, 0.6) is 0 Å². The fourth-order valence-electron chi connectivity index (χ4n) is 9.53. The summed E-state index contributed by atoms with van der Waals surface area (Å²) >= 11 is 0. The topological polar surface area (TPSA) is 21.3 Å². The second-order valence-electron chi connectivity index (χ2n) is 15.6. The summed E-state index contributed by atoms with van der Waals surface area (Å²) in [6, 6.07) is 83.0. The molecule has 2 aromatic heterocycles. The van der Waals surface area contributed by atoms with E-state index in [1.807, 2.05) is 6.07 Å². The zero-order valence-corrected chi connectivity index (χ0v) is 33.2. The first-order valence-electron chi connectivity index (χ1n) is 20.9. The molecule has 0 spiro atoms. The van der Waals surface area contributed by atoms with Crippen LogP contribution in [0.25, 0.3) is 93.6 Å². The molecule has 12 rings (SSSR count). The summed E-state index contributed by atoms with van der Waals surface area (Å²) < 4.78 is 9.11. The van der Waals surface area contributed by atoms with E-state index in [4.69, 9.17) is 4.42 Å². The predicted molar refractivity (Wildman–Crippen MR) is 257 cm³/mol. The van der Waals surface area contributed by atoms with E-state index in [0.717, 1.165) is 72.5 Å². The van der Waals surface area contributed by atoms with Crippen molar-refractivity contribution in [2.45, 2.75) is 0 Å². The van der Waals surface area contributed by atoms with Crippen LogP contribution in [0.2, 0.25) is 0 Å². The molecule has 10 aromatic carbocycles. The maximum absolute atomic E-state index is 6.69. The van der Waals surface area contributed by atoms with E-state index in [1.54, 1.807) is 0 Å². The quantitative estimate of drug-likeness (QED) is 0.161. The van der Waals surface area contributed by atoms with Crippen LogP contribution in [0.1, 0.15) is 0 Å². The number of hydrogen-bond donors (Lipinski definition) is 0. The van der Waals surface area contributed by atoms with E-state index in [2.05, 4.69) is 234 Å². The Bertz CT molecular complexity index is 3570. The minimum absolute atomic E-state index is 0.882. The maximum atomic E-state index is 6.69. The van der Waals surface area contributed by atoms with E-state index in [1.165, 1.54) is 38.1 Å². The van der Waals surface area contributed by atoms with Crippen molar-refractivity contribution in [1.82, 2.24) is 4.57 Å². The Labute approximate surface area is 353 Å². The first-order valence-corrected chi connectivity index (χ1v) is 20.9. The van der Waals surface area contributed by atoms with Crippen LogP contribution in [0, 0.1) is 0 Å². The minimum Gasteiger partial charge on any atom is -0.455 e. The highest BCUT2D eigenvalue weighted by atomic mass is 16.3. The van der Waals surface area contributed by atoms with Crippen molar-refractivity contribution >= 4 is 71.6 Å². The average Bonchev–Trinajstić information content (AvgIpc) is 3.88. The van der Waals surface area contributed by atoms with Crippen molar-refractivity contribution in [2.75, 3.05) is 4.90 Å². The van der Waals surface area contributed by atoms with Crippen LogP contribution in [0.3, 0.4) is 0 Å². The van der Waals surface area contributed by atoms with Crippen molar-refractivity contribution in [3.05, 3.63) is 231 Å². The van der Waals surface area contributed by atoms with E-state index in [0.29, 0.717) is 0 Å². The normalized spacial score (nSPS) is 11.6. The van der Waals surface area contributed by atoms with Gasteiger partial charge in [-0.25, -0.2) is 0 Å². The number of fused-ring (bicyclic) bond motifs is 7. The zero-order chi connectivity index (χ0) is 40.3. The van der Waals surface area contributed by atoms with Crippen molar-refractivity contribution in [3.63, 3.8) is 0 Å². The van der Waals surface area contributed by atoms with Crippen LogP contribution in [-0.2, 0) is 0 Å². The summed E-state index contributed by atoms with van der Waals surface area (Å²) in [5.74, 6) is 0. The molecule has 3 nitrogen and oxygen atoms in total. The number of furan rings is 1. The number of para-hydroxylation sites is 7. The molecule has 2 heterocycles. The van der Waals surface area contributed by atoms with E-state index in [9.17, 15) is 0 Å². The molecule has 3 heteroatoms. The summed E-state index contributed by atoms with van der Waals surface area (Å²) in [5.41, 5.74) is 15.2. The molecule has 0 aliphatic heterocycles. The lowest BCUT2D eigenvalue weighted by molar-refractivity contribution is 0.670. The Kier molecular flexibility index (Phi) is 8.17. The molecule has 61 heavy (non-hydrogen) atoms. The van der Waals surface area contributed by atoms with Crippen molar-refractivity contribution in [2.24, 2.45) is 0 Å². The van der Waals surface area contributed by atoms with Crippen LogP contribution >= 0.6 is 0 Å². The third-order valence-corrected chi connectivity index (χ3v) is 12.2. The summed E-state index contributed by atoms with van der Waals surface area (Å²) in [5, 5.41) is 7.13. The maximum Gasteiger partial charge on any atom is 0.143 e.